The van der Waals surface area contributed by atoms with Crippen molar-refractivity contribution >= 4 is 11.9 Å². The van der Waals surface area contributed by atoms with Crippen LogP contribution in [0, 0.1) is 5.92 Å². The average molecular weight is 425 g/mol. The van der Waals surface area contributed by atoms with Gasteiger partial charge in [0.15, 0.2) is 0 Å². The van der Waals surface area contributed by atoms with Crippen molar-refractivity contribution in [2.75, 3.05) is 26.3 Å². The number of rotatable bonds is 6. The molecule has 2 aliphatic rings. The van der Waals surface area contributed by atoms with Crippen molar-refractivity contribution in [3.63, 3.8) is 0 Å². The minimum absolute atomic E-state index is 0.196. The molecule has 1 spiro atoms. The lowest BCUT2D eigenvalue weighted by atomic mass is 9.87. The lowest BCUT2D eigenvalue weighted by Gasteiger charge is -2.32. The lowest BCUT2D eigenvalue weighted by molar-refractivity contribution is -0.150. The van der Waals surface area contributed by atoms with Crippen molar-refractivity contribution in [1.29, 1.82) is 0 Å². The predicted octanol–water partition coefficient (Wildman–Crippen LogP) is 1.99. The smallest absolute Gasteiger partial charge is 0.312 e. The van der Waals surface area contributed by atoms with Crippen LogP contribution in [0.3, 0.4) is 0 Å². The van der Waals surface area contributed by atoms with Crippen molar-refractivity contribution < 1.29 is 19.1 Å². The number of amides is 1. The Labute approximate surface area is 182 Å². The molecule has 1 saturated heterocycles. The van der Waals surface area contributed by atoms with Crippen LogP contribution in [0.15, 0.2) is 36.7 Å². The summed E-state index contributed by atoms with van der Waals surface area (Å²) >= 11 is 0. The predicted molar refractivity (Wildman–Crippen MR) is 114 cm³/mol. The molecular formula is C23H28N4O4. The fourth-order valence-electron chi connectivity index (χ4n) is 4.33. The number of esters is 1. The molecule has 0 bridgehead atoms. The molecule has 8 heteroatoms. The second-order valence-electron chi connectivity index (χ2n) is 8.13. The number of aromatic nitrogens is 2. The molecule has 164 valence electrons. The van der Waals surface area contributed by atoms with Gasteiger partial charge in [0.25, 0.3) is 5.91 Å². The second kappa shape index (κ2) is 9.01. The Morgan fingerprint density at radius 1 is 1.29 bits per heavy atom. The highest BCUT2D eigenvalue weighted by atomic mass is 16.5. The van der Waals surface area contributed by atoms with Gasteiger partial charge in [-0.3, -0.25) is 14.5 Å². The fourth-order valence-corrected chi connectivity index (χ4v) is 4.33. The Morgan fingerprint density at radius 3 is 2.81 bits per heavy atom. The number of nitrogens with zero attached hydrogens (tertiary/aromatic N) is 3. The first-order valence-electron chi connectivity index (χ1n) is 10.8. The van der Waals surface area contributed by atoms with Gasteiger partial charge >= 0.3 is 5.97 Å². The number of hydrogen-bond donors (Lipinski definition) is 1. The van der Waals surface area contributed by atoms with Gasteiger partial charge in [0, 0.05) is 44.0 Å². The van der Waals surface area contributed by atoms with Crippen molar-refractivity contribution in [1.82, 2.24) is 20.2 Å². The van der Waals surface area contributed by atoms with Crippen molar-refractivity contribution in [3.8, 4) is 5.75 Å². The van der Waals surface area contributed by atoms with Crippen LogP contribution in [0.4, 0.5) is 0 Å². The fraction of sp³-hybridized carbons (Fsp3) is 0.478. The Balaban J connectivity index is 1.57. The number of ether oxygens (including phenoxy) is 2. The lowest BCUT2D eigenvalue weighted by Crippen LogP contribution is -2.59. The van der Waals surface area contributed by atoms with Gasteiger partial charge in [-0.25, -0.2) is 9.97 Å². The first-order valence-corrected chi connectivity index (χ1v) is 10.8. The maximum absolute atomic E-state index is 13.0. The Morgan fingerprint density at radius 2 is 2.06 bits per heavy atom. The van der Waals surface area contributed by atoms with Crippen LogP contribution in [0.5, 0.6) is 5.75 Å². The first kappa shape index (κ1) is 21.2. The maximum Gasteiger partial charge on any atom is 0.312 e. The van der Waals surface area contributed by atoms with E-state index >= 15 is 0 Å². The number of carbonyl (C=O) groups excluding carboxylic acids is 2. The van der Waals surface area contributed by atoms with E-state index in [0.29, 0.717) is 30.9 Å². The Bertz CT molecular complexity index is 949. The summed E-state index contributed by atoms with van der Waals surface area (Å²) in [6.45, 7) is 5.85. The molecule has 0 aliphatic carbocycles. The summed E-state index contributed by atoms with van der Waals surface area (Å²) in [5, 5.41) is 3.10. The second-order valence-corrected chi connectivity index (χ2v) is 8.13. The van der Waals surface area contributed by atoms with Crippen LogP contribution in [-0.2, 0) is 22.5 Å². The van der Waals surface area contributed by atoms with Gasteiger partial charge in [-0.05, 0) is 25.5 Å². The number of benzene rings is 1. The van der Waals surface area contributed by atoms with E-state index in [1.165, 1.54) is 0 Å². The summed E-state index contributed by atoms with van der Waals surface area (Å²) in [6, 6.07) is 7.13. The number of fused-ring (bicyclic) bond motifs is 1. The minimum atomic E-state index is -0.870. The maximum atomic E-state index is 13.0. The van der Waals surface area contributed by atoms with Gasteiger partial charge in [-0.1, -0.05) is 19.1 Å². The van der Waals surface area contributed by atoms with Gasteiger partial charge in [-0.2, -0.15) is 0 Å². The Kier molecular flexibility index (Phi) is 6.18. The summed E-state index contributed by atoms with van der Waals surface area (Å²) in [4.78, 5) is 36.8. The molecule has 2 aromatic rings. The number of aryl methyl sites for hydroxylation is 1. The van der Waals surface area contributed by atoms with E-state index in [2.05, 4.69) is 27.1 Å². The van der Waals surface area contributed by atoms with E-state index in [0.717, 1.165) is 24.2 Å². The van der Waals surface area contributed by atoms with Crippen LogP contribution >= 0.6 is 0 Å². The zero-order chi connectivity index (χ0) is 21.8. The van der Waals surface area contributed by atoms with Crippen LogP contribution in [0.25, 0.3) is 0 Å². The van der Waals surface area contributed by atoms with Gasteiger partial charge in [0.2, 0.25) is 0 Å². The molecule has 1 aromatic heterocycles. The molecule has 1 aromatic carbocycles. The molecule has 0 radical (unpaired) electrons. The van der Waals surface area contributed by atoms with Crippen LogP contribution < -0.4 is 10.1 Å². The number of likely N-dealkylation sites (tertiary alicyclic amines) is 1. The number of hydrogen-bond acceptors (Lipinski definition) is 7. The van der Waals surface area contributed by atoms with Gasteiger partial charge in [0.1, 0.15) is 23.7 Å². The SMILES string of the molecule is CCCc1ncc(CN2C[C@@H](C(=O)OCC)[C@@]3(COc4ccccc4C(=O)N3)C2)cn1. The largest absolute Gasteiger partial charge is 0.490 e. The molecule has 0 saturated carbocycles. The average Bonchev–Trinajstić information content (AvgIpc) is 3.04. The third-order valence-electron chi connectivity index (χ3n) is 5.80. The molecule has 4 rings (SSSR count). The van der Waals surface area contributed by atoms with Gasteiger partial charge in [-0.15, -0.1) is 0 Å². The van der Waals surface area contributed by atoms with Crippen LogP contribution in [0.2, 0.25) is 0 Å². The third kappa shape index (κ3) is 4.39. The normalized spacial score (nSPS) is 23.0. The third-order valence-corrected chi connectivity index (χ3v) is 5.80. The topological polar surface area (TPSA) is 93.7 Å². The van der Waals surface area contributed by atoms with Crippen molar-refractivity contribution in [2.45, 2.75) is 38.8 Å². The van der Waals surface area contributed by atoms with E-state index in [1.807, 2.05) is 18.5 Å². The van der Waals surface area contributed by atoms with E-state index in [-0.39, 0.29) is 25.1 Å². The van der Waals surface area contributed by atoms with Crippen LogP contribution in [0.1, 0.15) is 42.0 Å². The summed E-state index contributed by atoms with van der Waals surface area (Å²) in [5.41, 5.74) is 0.565. The number of carbonyl (C=O) groups is 2. The molecule has 31 heavy (non-hydrogen) atoms. The quantitative estimate of drug-likeness (QED) is 0.709. The van der Waals surface area contributed by atoms with E-state index in [1.54, 1.807) is 25.1 Å². The summed E-state index contributed by atoms with van der Waals surface area (Å²) in [7, 11) is 0. The molecule has 1 fully saturated rings. The molecule has 3 heterocycles. The zero-order valence-corrected chi connectivity index (χ0v) is 18.0. The highest BCUT2D eigenvalue weighted by Gasteiger charge is 2.53. The number of nitrogens with one attached hydrogen (secondary N) is 1. The zero-order valence-electron chi connectivity index (χ0n) is 18.0. The highest BCUT2D eigenvalue weighted by molar-refractivity contribution is 5.98. The Hall–Kier alpha value is -3.00. The van der Waals surface area contributed by atoms with Crippen molar-refractivity contribution in [2.24, 2.45) is 5.92 Å². The van der Waals surface area contributed by atoms with E-state index in [9.17, 15) is 9.59 Å². The summed E-state index contributed by atoms with van der Waals surface area (Å²) in [5.74, 6) is 0.255. The molecule has 0 unspecified atom stereocenters. The molecule has 2 atom stereocenters. The molecule has 2 aliphatic heterocycles. The monoisotopic (exact) mass is 424 g/mol. The summed E-state index contributed by atoms with van der Waals surface area (Å²) < 4.78 is 11.4. The van der Waals surface area contributed by atoms with Crippen LogP contribution in [-0.4, -0.2) is 58.6 Å². The standard InChI is InChI=1S/C23H28N4O4/c1-3-7-20-24-10-16(11-25-20)12-27-13-18(22(29)30-4-2)23(14-27)15-31-19-9-6-5-8-17(19)21(28)26-23/h5-6,8-11,18H,3-4,7,12-15H2,1-2H3,(H,26,28)/t18-,23-/m0/s1. The molecule has 8 nitrogen and oxygen atoms in total. The number of para-hydroxylation sites is 1. The van der Waals surface area contributed by atoms with Gasteiger partial charge < -0.3 is 14.8 Å². The molecular weight excluding hydrogens is 396 g/mol. The van der Waals surface area contributed by atoms with E-state index < -0.39 is 11.5 Å². The first-order chi connectivity index (χ1) is 15.0. The minimum Gasteiger partial charge on any atom is -0.490 e. The highest BCUT2D eigenvalue weighted by Crippen LogP contribution is 2.34. The van der Waals surface area contributed by atoms with E-state index in [4.69, 9.17) is 9.47 Å². The molecule has 1 amide bonds. The van der Waals surface area contributed by atoms with Crippen molar-refractivity contribution in [3.05, 3.63) is 53.6 Å². The molecule has 1 N–H and O–H groups in total. The summed E-state index contributed by atoms with van der Waals surface area (Å²) in [6.07, 6.45) is 5.51. The van der Waals surface area contributed by atoms with Gasteiger partial charge in [0.05, 0.1) is 18.1 Å².